The van der Waals surface area contributed by atoms with Crippen molar-refractivity contribution in [2.45, 2.75) is 24.7 Å². The predicted molar refractivity (Wildman–Crippen MR) is 105 cm³/mol. The highest BCUT2D eigenvalue weighted by Gasteiger charge is 2.41. The molecule has 0 bridgehead atoms. The van der Waals surface area contributed by atoms with Crippen LogP contribution in [0.25, 0.3) is 0 Å². The molecule has 28 heavy (non-hydrogen) atoms. The van der Waals surface area contributed by atoms with Crippen molar-refractivity contribution in [2.75, 3.05) is 17.2 Å². The Morgan fingerprint density at radius 2 is 1.86 bits per heavy atom. The lowest BCUT2D eigenvalue weighted by atomic mass is 9.66. The first-order valence-electron chi connectivity index (χ1n) is 9.21. The number of aromatic nitrogens is 3. The van der Waals surface area contributed by atoms with Crippen LogP contribution in [0.3, 0.4) is 0 Å². The van der Waals surface area contributed by atoms with Gasteiger partial charge in [0, 0.05) is 30.0 Å². The molecular formula is C21H20FN5O. The third kappa shape index (κ3) is 3.69. The average Bonchev–Trinajstić information content (AvgIpc) is 2.69. The van der Waals surface area contributed by atoms with Gasteiger partial charge in [-0.15, -0.1) is 0 Å². The summed E-state index contributed by atoms with van der Waals surface area (Å²) in [5.41, 5.74) is 1.07. The van der Waals surface area contributed by atoms with Gasteiger partial charge in [0.05, 0.1) is 5.69 Å². The number of nitrogens with zero attached hydrogens (tertiary/aromatic N) is 3. The van der Waals surface area contributed by atoms with Gasteiger partial charge in [-0.1, -0.05) is 24.6 Å². The smallest absolute Gasteiger partial charge is 0.274 e. The fourth-order valence-corrected chi connectivity index (χ4v) is 3.41. The summed E-state index contributed by atoms with van der Waals surface area (Å²) in [6, 6.07) is 13.8. The van der Waals surface area contributed by atoms with Gasteiger partial charge in [-0.05, 0) is 43.2 Å². The van der Waals surface area contributed by atoms with E-state index in [0.717, 1.165) is 19.3 Å². The highest BCUT2D eigenvalue weighted by molar-refractivity contribution is 6.02. The molecule has 0 aliphatic heterocycles. The van der Waals surface area contributed by atoms with Crippen LogP contribution in [0.4, 0.5) is 16.0 Å². The van der Waals surface area contributed by atoms with E-state index in [9.17, 15) is 9.18 Å². The van der Waals surface area contributed by atoms with Crippen LogP contribution in [0.1, 0.15) is 35.4 Å². The first-order valence-corrected chi connectivity index (χ1v) is 9.21. The number of carbonyl (C=O) groups is 1. The van der Waals surface area contributed by atoms with Gasteiger partial charge in [-0.3, -0.25) is 9.78 Å². The molecule has 1 saturated carbocycles. The van der Waals surface area contributed by atoms with Gasteiger partial charge in [0.1, 0.15) is 11.5 Å². The van der Waals surface area contributed by atoms with E-state index in [1.165, 1.54) is 12.3 Å². The van der Waals surface area contributed by atoms with Crippen molar-refractivity contribution in [1.82, 2.24) is 15.0 Å². The molecular weight excluding hydrogens is 357 g/mol. The molecule has 7 heteroatoms. The van der Waals surface area contributed by atoms with E-state index >= 15 is 0 Å². The van der Waals surface area contributed by atoms with Crippen LogP contribution in [0.2, 0.25) is 0 Å². The average molecular weight is 377 g/mol. The zero-order chi connectivity index (χ0) is 19.4. The van der Waals surface area contributed by atoms with Crippen molar-refractivity contribution in [3.05, 3.63) is 78.1 Å². The molecule has 6 nitrogen and oxygen atoms in total. The number of hydrogen-bond acceptors (Lipinski definition) is 5. The molecule has 1 amide bonds. The summed E-state index contributed by atoms with van der Waals surface area (Å²) in [5, 5.41) is 5.96. The number of benzene rings is 1. The van der Waals surface area contributed by atoms with Gasteiger partial charge >= 0.3 is 0 Å². The molecule has 3 aromatic rings. The van der Waals surface area contributed by atoms with Crippen molar-refractivity contribution in [2.24, 2.45) is 0 Å². The molecule has 1 aromatic carbocycles. The SMILES string of the molecule is O=C(Nc1ccccc1)c1ccnc(NCC2(c3ncccc3F)CCC2)n1. The second-order valence-electron chi connectivity index (χ2n) is 6.91. The van der Waals surface area contributed by atoms with Crippen LogP contribution >= 0.6 is 0 Å². The zero-order valence-corrected chi connectivity index (χ0v) is 15.2. The van der Waals surface area contributed by atoms with Crippen molar-refractivity contribution < 1.29 is 9.18 Å². The number of pyridine rings is 1. The van der Waals surface area contributed by atoms with Crippen LogP contribution in [-0.4, -0.2) is 27.4 Å². The molecule has 2 aromatic heterocycles. The van der Waals surface area contributed by atoms with Crippen LogP contribution in [0, 0.1) is 5.82 Å². The normalized spacial score (nSPS) is 14.8. The first kappa shape index (κ1) is 18.0. The Balaban J connectivity index is 1.46. The van der Waals surface area contributed by atoms with E-state index in [1.807, 2.05) is 18.2 Å². The fourth-order valence-electron chi connectivity index (χ4n) is 3.41. The number of amides is 1. The Labute approximate surface area is 162 Å². The van der Waals surface area contributed by atoms with Gasteiger partial charge in [0.2, 0.25) is 5.95 Å². The molecule has 0 unspecified atom stereocenters. The molecule has 2 N–H and O–H groups in total. The van der Waals surface area contributed by atoms with Gasteiger partial charge in [-0.2, -0.15) is 0 Å². The number of halogens is 1. The number of anilines is 2. The molecule has 0 atom stereocenters. The summed E-state index contributed by atoms with van der Waals surface area (Å²) in [4.78, 5) is 25.2. The standard InChI is InChI=1S/C21H20FN5O/c22-16-8-4-12-23-18(16)21(10-5-11-21)14-25-20-24-13-9-17(27-20)19(28)26-15-6-2-1-3-7-15/h1-4,6-9,12-13H,5,10-11,14H2,(H,26,28)(H,24,25,27). The Morgan fingerprint density at radius 1 is 1.04 bits per heavy atom. The minimum atomic E-state index is -0.364. The van der Waals surface area contributed by atoms with E-state index in [-0.39, 0.29) is 22.8 Å². The zero-order valence-electron chi connectivity index (χ0n) is 15.2. The molecule has 142 valence electrons. The van der Waals surface area contributed by atoms with Crippen LogP contribution < -0.4 is 10.6 Å². The third-order valence-electron chi connectivity index (χ3n) is 5.08. The fraction of sp³-hybridized carbons (Fsp3) is 0.238. The monoisotopic (exact) mass is 377 g/mol. The highest BCUT2D eigenvalue weighted by atomic mass is 19.1. The van der Waals surface area contributed by atoms with Gasteiger partial charge in [0.15, 0.2) is 0 Å². The predicted octanol–water partition coefficient (Wildman–Crippen LogP) is 3.80. The van der Waals surface area contributed by atoms with Crippen molar-refractivity contribution in [3.8, 4) is 0 Å². The molecule has 0 radical (unpaired) electrons. The lowest BCUT2D eigenvalue weighted by Crippen LogP contribution is -2.42. The first-order chi connectivity index (χ1) is 13.7. The lowest BCUT2D eigenvalue weighted by Gasteiger charge is -2.41. The highest BCUT2D eigenvalue weighted by Crippen LogP contribution is 2.43. The van der Waals surface area contributed by atoms with Crippen LogP contribution in [0.15, 0.2) is 60.9 Å². The van der Waals surface area contributed by atoms with Crippen LogP contribution in [0.5, 0.6) is 0 Å². The molecule has 1 aliphatic carbocycles. The lowest BCUT2D eigenvalue weighted by molar-refractivity contribution is 0.102. The number of rotatable bonds is 6. The minimum absolute atomic E-state index is 0.257. The Morgan fingerprint density at radius 3 is 2.57 bits per heavy atom. The van der Waals surface area contributed by atoms with E-state index in [1.54, 1.807) is 30.5 Å². The molecule has 0 spiro atoms. The maximum absolute atomic E-state index is 14.2. The van der Waals surface area contributed by atoms with Gasteiger partial charge < -0.3 is 10.6 Å². The van der Waals surface area contributed by atoms with Gasteiger partial charge in [-0.25, -0.2) is 14.4 Å². The Kier molecular flexibility index (Phi) is 4.97. The number of carbonyl (C=O) groups excluding carboxylic acids is 1. The Hall–Kier alpha value is -3.35. The van der Waals surface area contributed by atoms with E-state index in [4.69, 9.17) is 0 Å². The molecule has 2 heterocycles. The number of para-hydroxylation sites is 1. The molecule has 1 aliphatic rings. The summed E-state index contributed by atoms with van der Waals surface area (Å²) >= 11 is 0. The number of nitrogens with one attached hydrogen (secondary N) is 2. The quantitative estimate of drug-likeness (QED) is 0.683. The largest absolute Gasteiger partial charge is 0.353 e. The van der Waals surface area contributed by atoms with E-state index < -0.39 is 0 Å². The Bertz CT molecular complexity index is 975. The van der Waals surface area contributed by atoms with Crippen LogP contribution in [-0.2, 0) is 5.41 Å². The van der Waals surface area contributed by atoms with E-state index in [0.29, 0.717) is 23.9 Å². The summed E-state index contributed by atoms with van der Waals surface area (Å²) in [5.74, 6) is -0.269. The van der Waals surface area contributed by atoms with Gasteiger partial charge in [0.25, 0.3) is 5.91 Å². The second kappa shape index (κ2) is 7.72. The maximum Gasteiger partial charge on any atom is 0.274 e. The van der Waals surface area contributed by atoms with E-state index in [2.05, 4.69) is 25.6 Å². The summed E-state index contributed by atoms with van der Waals surface area (Å²) < 4.78 is 14.2. The summed E-state index contributed by atoms with van der Waals surface area (Å²) in [6.45, 7) is 0.463. The van der Waals surface area contributed by atoms with Crippen molar-refractivity contribution in [3.63, 3.8) is 0 Å². The number of hydrogen-bond donors (Lipinski definition) is 2. The maximum atomic E-state index is 14.2. The minimum Gasteiger partial charge on any atom is -0.353 e. The molecule has 1 fully saturated rings. The van der Waals surface area contributed by atoms with Crippen molar-refractivity contribution >= 4 is 17.5 Å². The summed E-state index contributed by atoms with van der Waals surface area (Å²) in [7, 11) is 0. The molecule has 0 saturated heterocycles. The third-order valence-corrected chi connectivity index (χ3v) is 5.08. The second-order valence-corrected chi connectivity index (χ2v) is 6.91. The molecule has 4 rings (SSSR count). The topological polar surface area (TPSA) is 79.8 Å². The van der Waals surface area contributed by atoms with Crippen molar-refractivity contribution in [1.29, 1.82) is 0 Å². The summed E-state index contributed by atoms with van der Waals surface area (Å²) in [6.07, 6.45) is 5.87.